The third kappa shape index (κ3) is 6.51. The second-order valence-corrected chi connectivity index (χ2v) is 7.18. The van der Waals surface area contributed by atoms with Crippen LogP contribution in [0.25, 0.3) is 0 Å². The van der Waals surface area contributed by atoms with Crippen LogP contribution >= 0.6 is 35.6 Å². The van der Waals surface area contributed by atoms with E-state index >= 15 is 0 Å². The highest BCUT2D eigenvalue weighted by Gasteiger charge is 2.21. The summed E-state index contributed by atoms with van der Waals surface area (Å²) in [6.45, 7) is 8.13. The summed E-state index contributed by atoms with van der Waals surface area (Å²) in [5, 5.41) is 11.9. The van der Waals surface area contributed by atoms with E-state index in [9.17, 15) is 0 Å². The maximum atomic E-state index is 6.00. The molecule has 0 radical (unpaired) electrons. The van der Waals surface area contributed by atoms with Crippen LogP contribution in [-0.2, 0) is 13.0 Å². The molecule has 1 aromatic carbocycles. The van der Waals surface area contributed by atoms with E-state index in [0.717, 1.165) is 49.3 Å². The lowest BCUT2D eigenvalue weighted by Gasteiger charge is -2.25. The first-order chi connectivity index (χ1) is 13.0. The Morgan fingerprint density at radius 1 is 1.46 bits per heavy atom. The van der Waals surface area contributed by atoms with E-state index in [4.69, 9.17) is 16.3 Å². The van der Waals surface area contributed by atoms with Crippen molar-refractivity contribution in [1.29, 1.82) is 0 Å². The summed E-state index contributed by atoms with van der Waals surface area (Å²) in [7, 11) is 0. The largest absolute Gasteiger partial charge is 0.489 e. The first kappa shape index (κ1) is 22.7. The Labute approximate surface area is 188 Å². The number of nitrogens with zero attached hydrogens (tertiary/aromatic N) is 4. The van der Waals surface area contributed by atoms with E-state index < -0.39 is 0 Å². The van der Waals surface area contributed by atoms with E-state index in [2.05, 4.69) is 32.6 Å². The Balaban J connectivity index is 0.00000280. The lowest BCUT2D eigenvalue weighted by Crippen LogP contribution is -2.47. The molecule has 2 aromatic rings. The molecule has 28 heavy (non-hydrogen) atoms. The first-order valence-electron chi connectivity index (χ1n) is 9.41. The van der Waals surface area contributed by atoms with Gasteiger partial charge in [-0.25, -0.2) is 14.7 Å². The van der Waals surface area contributed by atoms with Gasteiger partial charge in [0.25, 0.3) is 0 Å². The van der Waals surface area contributed by atoms with Gasteiger partial charge in [-0.3, -0.25) is 0 Å². The van der Waals surface area contributed by atoms with E-state index in [-0.39, 0.29) is 36.1 Å². The molecule has 2 atom stereocenters. The summed E-state index contributed by atoms with van der Waals surface area (Å²) in [6, 6.07) is 7.69. The molecule has 1 aliphatic rings. The number of benzene rings is 1. The topological polar surface area (TPSA) is 76.4 Å². The van der Waals surface area contributed by atoms with Crippen molar-refractivity contribution in [1.82, 2.24) is 25.4 Å². The molecule has 0 amide bonds. The summed E-state index contributed by atoms with van der Waals surface area (Å²) in [4.78, 5) is 9.14. The highest BCUT2D eigenvalue weighted by atomic mass is 127. The number of aryl methyl sites for hydroxylation is 2. The summed E-state index contributed by atoms with van der Waals surface area (Å²) < 4.78 is 7.88. The number of fused-ring (bicyclic) bond motifs is 1. The second-order valence-electron chi connectivity index (χ2n) is 6.74. The molecule has 0 aliphatic carbocycles. The Bertz CT molecular complexity index is 796. The third-order valence-electron chi connectivity index (χ3n) is 4.29. The van der Waals surface area contributed by atoms with Crippen LogP contribution in [0.5, 0.6) is 5.75 Å². The number of halogens is 2. The minimum Gasteiger partial charge on any atom is -0.489 e. The van der Waals surface area contributed by atoms with Gasteiger partial charge in [0.05, 0.1) is 13.1 Å². The molecule has 3 rings (SSSR count). The average molecular weight is 519 g/mol. The van der Waals surface area contributed by atoms with Gasteiger partial charge in [-0.2, -0.15) is 5.10 Å². The SMILES string of the molecule is CCNC(=NCC(C)Oc1cccc(Cl)c1)NC1CCc2nc(C)nn2C1.I. The third-order valence-corrected chi connectivity index (χ3v) is 4.52. The lowest BCUT2D eigenvalue weighted by molar-refractivity contribution is 0.230. The fourth-order valence-corrected chi connectivity index (χ4v) is 3.27. The highest BCUT2D eigenvalue weighted by Crippen LogP contribution is 2.18. The van der Waals surface area contributed by atoms with Crippen LogP contribution < -0.4 is 15.4 Å². The fourth-order valence-electron chi connectivity index (χ4n) is 3.09. The van der Waals surface area contributed by atoms with Crippen molar-refractivity contribution in [3.8, 4) is 5.75 Å². The Hall–Kier alpha value is -1.55. The van der Waals surface area contributed by atoms with Gasteiger partial charge in [-0.05, 0) is 45.4 Å². The van der Waals surface area contributed by atoms with Gasteiger partial charge in [0.15, 0.2) is 5.96 Å². The van der Waals surface area contributed by atoms with Gasteiger partial charge in [0.2, 0.25) is 0 Å². The zero-order valence-electron chi connectivity index (χ0n) is 16.5. The van der Waals surface area contributed by atoms with Crippen molar-refractivity contribution >= 4 is 41.5 Å². The maximum absolute atomic E-state index is 6.00. The number of guanidine groups is 1. The minimum absolute atomic E-state index is 0. The number of aromatic nitrogens is 3. The van der Waals surface area contributed by atoms with Crippen molar-refractivity contribution in [3.05, 3.63) is 40.9 Å². The molecule has 2 N–H and O–H groups in total. The second kappa shape index (κ2) is 10.8. The Kier molecular flexibility index (Phi) is 8.81. The Morgan fingerprint density at radius 3 is 3.04 bits per heavy atom. The number of aliphatic imine (C=N–C) groups is 1. The van der Waals surface area contributed by atoms with Crippen molar-refractivity contribution < 1.29 is 4.74 Å². The number of hydrogen-bond donors (Lipinski definition) is 2. The van der Waals surface area contributed by atoms with Gasteiger partial charge in [0.1, 0.15) is 23.5 Å². The van der Waals surface area contributed by atoms with E-state index in [1.165, 1.54) is 0 Å². The van der Waals surface area contributed by atoms with Crippen LogP contribution in [0.3, 0.4) is 0 Å². The smallest absolute Gasteiger partial charge is 0.191 e. The maximum Gasteiger partial charge on any atom is 0.191 e. The molecular weight excluding hydrogens is 491 g/mol. The van der Waals surface area contributed by atoms with Crippen molar-refractivity contribution in [2.24, 2.45) is 4.99 Å². The molecule has 1 aromatic heterocycles. The quantitative estimate of drug-likeness (QED) is 0.349. The molecule has 2 heterocycles. The number of ether oxygens (including phenoxy) is 1. The predicted octanol–water partition coefficient (Wildman–Crippen LogP) is 3.20. The van der Waals surface area contributed by atoms with E-state index in [1.807, 2.05) is 42.8 Å². The molecule has 154 valence electrons. The van der Waals surface area contributed by atoms with Crippen molar-refractivity contribution in [3.63, 3.8) is 0 Å². The van der Waals surface area contributed by atoms with Crippen molar-refractivity contribution in [2.45, 2.75) is 52.3 Å². The molecule has 0 fully saturated rings. The zero-order valence-corrected chi connectivity index (χ0v) is 19.6. The average Bonchev–Trinajstić information content (AvgIpc) is 2.99. The van der Waals surface area contributed by atoms with Gasteiger partial charge < -0.3 is 15.4 Å². The molecule has 1 aliphatic heterocycles. The number of nitrogens with one attached hydrogen (secondary N) is 2. The number of hydrogen-bond acceptors (Lipinski definition) is 4. The standard InChI is InChI=1S/C19H27ClN6O.HI/c1-4-21-19(22-11-13(2)27-17-7-5-6-15(20)10-17)24-16-8-9-18-23-14(3)25-26(18)12-16;/h5-7,10,13,16H,4,8-9,11-12H2,1-3H3,(H2,21,22,24);1H. The zero-order chi connectivity index (χ0) is 19.2. The highest BCUT2D eigenvalue weighted by molar-refractivity contribution is 14.0. The predicted molar refractivity (Wildman–Crippen MR) is 123 cm³/mol. The molecule has 0 spiro atoms. The monoisotopic (exact) mass is 518 g/mol. The van der Waals surface area contributed by atoms with Crippen LogP contribution in [-0.4, -0.2) is 46.0 Å². The summed E-state index contributed by atoms with van der Waals surface area (Å²) >= 11 is 6.00. The summed E-state index contributed by atoms with van der Waals surface area (Å²) in [5.41, 5.74) is 0. The van der Waals surface area contributed by atoms with Gasteiger partial charge in [-0.15, -0.1) is 24.0 Å². The summed E-state index contributed by atoms with van der Waals surface area (Å²) in [5.74, 6) is 3.45. The van der Waals surface area contributed by atoms with Crippen molar-refractivity contribution in [2.75, 3.05) is 13.1 Å². The van der Waals surface area contributed by atoms with Crippen LogP contribution in [0.1, 0.15) is 31.9 Å². The molecule has 0 bridgehead atoms. The molecule has 0 saturated carbocycles. The normalized spacial score (nSPS) is 17.3. The van der Waals surface area contributed by atoms with Crippen LogP contribution in [0.4, 0.5) is 0 Å². The fraction of sp³-hybridized carbons (Fsp3) is 0.526. The van der Waals surface area contributed by atoms with Gasteiger partial charge >= 0.3 is 0 Å². The lowest BCUT2D eigenvalue weighted by atomic mass is 10.1. The molecule has 9 heteroatoms. The van der Waals surface area contributed by atoms with Gasteiger partial charge in [-0.1, -0.05) is 17.7 Å². The first-order valence-corrected chi connectivity index (χ1v) is 9.78. The summed E-state index contributed by atoms with van der Waals surface area (Å²) in [6.07, 6.45) is 1.87. The molecule has 2 unspecified atom stereocenters. The minimum atomic E-state index is -0.0603. The van der Waals surface area contributed by atoms with E-state index in [0.29, 0.717) is 11.6 Å². The van der Waals surface area contributed by atoms with E-state index in [1.54, 1.807) is 0 Å². The Morgan fingerprint density at radius 2 is 2.29 bits per heavy atom. The van der Waals surface area contributed by atoms with Gasteiger partial charge in [0, 0.05) is 24.0 Å². The van der Waals surface area contributed by atoms with Crippen LogP contribution in [0.15, 0.2) is 29.3 Å². The number of rotatable bonds is 6. The molecule has 7 nitrogen and oxygen atoms in total. The molecular formula is C19H28ClIN6O. The van der Waals surface area contributed by atoms with Crippen LogP contribution in [0.2, 0.25) is 5.02 Å². The van der Waals surface area contributed by atoms with Crippen LogP contribution in [0, 0.1) is 6.92 Å². The molecule has 0 saturated heterocycles.